The number of hydrogen-bond donors (Lipinski definition) is 2. The second-order valence-electron chi connectivity index (χ2n) is 11.0. The van der Waals surface area contributed by atoms with E-state index in [0.29, 0.717) is 17.3 Å². The predicted molar refractivity (Wildman–Crippen MR) is 144 cm³/mol. The minimum atomic E-state index is -0.170. The van der Waals surface area contributed by atoms with Gasteiger partial charge in [-0.05, 0) is 94.2 Å². The molecule has 2 aromatic rings. The lowest BCUT2D eigenvalue weighted by Crippen LogP contribution is -2.31. The molecule has 0 radical (unpaired) electrons. The largest absolute Gasteiger partial charge is 0.370 e. The van der Waals surface area contributed by atoms with Crippen molar-refractivity contribution >= 4 is 28.9 Å². The maximum absolute atomic E-state index is 12.8. The maximum Gasteiger partial charge on any atom is 0.255 e. The van der Waals surface area contributed by atoms with Gasteiger partial charge < -0.3 is 20.4 Å². The Kier molecular flexibility index (Phi) is 7.04. The second-order valence-corrected chi connectivity index (χ2v) is 11.0. The Morgan fingerprint density at radius 3 is 2.14 bits per heavy atom. The van der Waals surface area contributed by atoms with E-state index in [1.54, 1.807) is 24.3 Å². The molecule has 6 heteroatoms. The first-order chi connectivity index (χ1) is 16.6. The van der Waals surface area contributed by atoms with Crippen molar-refractivity contribution in [2.45, 2.75) is 40.2 Å². The molecule has 35 heavy (non-hydrogen) atoms. The van der Waals surface area contributed by atoms with Crippen LogP contribution in [0.5, 0.6) is 0 Å². The monoisotopic (exact) mass is 474 g/mol. The van der Waals surface area contributed by atoms with Gasteiger partial charge in [0.25, 0.3) is 5.91 Å². The molecule has 2 aliphatic rings. The lowest BCUT2D eigenvalue weighted by Gasteiger charge is -2.22. The van der Waals surface area contributed by atoms with Crippen molar-refractivity contribution in [3.05, 3.63) is 65.7 Å². The van der Waals surface area contributed by atoms with E-state index >= 15 is 0 Å². The molecule has 2 fully saturated rings. The summed E-state index contributed by atoms with van der Waals surface area (Å²) in [4.78, 5) is 30.2. The zero-order valence-electron chi connectivity index (χ0n) is 21.8. The second kappa shape index (κ2) is 9.86. The molecule has 1 aliphatic heterocycles. The summed E-state index contributed by atoms with van der Waals surface area (Å²) in [6, 6.07) is 15.7. The van der Waals surface area contributed by atoms with Gasteiger partial charge in [-0.15, -0.1) is 0 Å². The number of benzene rings is 2. The zero-order valence-corrected chi connectivity index (χ0v) is 21.8. The van der Waals surface area contributed by atoms with Crippen LogP contribution < -0.4 is 15.5 Å². The average Bonchev–Trinajstić information content (AvgIpc) is 3.14. The smallest absolute Gasteiger partial charge is 0.255 e. The number of carbonyl (C=O) groups excluding carboxylic acids is 2. The third-order valence-electron chi connectivity index (χ3n) is 7.50. The van der Waals surface area contributed by atoms with Crippen LogP contribution in [-0.2, 0) is 4.79 Å². The number of allylic oxidation sites excluding steroid dienone is 2. The van der Waals surface area contributed by atoms with Gasteiger partial charge in [-0.1, -0.05) is 25.5 Å². The molecule has 0 spiro atoms. The Labute approximate surface area is 209 Å². The van der Waals surface area contributed by atoms with Crippen LogP contribution in [0.1, 0.15) is 44.5 Å². The summed E-state index contributed by atoms with van der Waals surface area (Å²) in [5.74, 6) is 0.0996. The van der Waals surface area contributed by atoms with Gasteiger partial charge in [-0.2, -0.15) is 0 Å². The van der Waals surface area contributed by atoms with E-state index in [0.717, 1.165) is 25.2 Å². The van der Waals surface area contributed by atoms with Crippen molar-refractivity contribution in [1.82, 2.24) is 4.90 Å². The fourth-order valence-corrected chi connectivity index (χ4v) is 5.13. The van der Waals surface area contributed by atoms with E-state index in [9.17, 15) is 9.59 Å². The van der Waals surface area contributed by atoms with Crippen molar-refractivity contribution in [2.75, 3.05) is 42.7 Å². The lowest BCUT2D eigenvalue weighted by atomic mass is 10.1. The number of rotatable bonds is 7. The van der Waals surface area contributed by atoms with Crippen molar-refractivity contribution in [3.8, 4) is 0 Å². The van der Waals surface area contributed by atoms with Gasteiger partial charge in [-0.25, -0.2) is 0 Å². The summed E-state index contributed by atoms with van der Waals surface area (Å²) >= 11 is 0. The molecule has 186 valence electrons. The van der Waals surface area contributed by atoms with Crippen LogP contribution in [0.15, 0.2) is 60.2 Å². The van der Waals surface area contributed by atoms with Gasteiger partial charge in [-0.3, -0.25) is 9.59 Å². The average molecular weight is 475 g/mol. The van der Waals surface area contributed by atoms with Gasteiger partial charge in [0.2, 0.25) is 5.91 Å². The van der Waals surface area contributed by atoms with Crippen LogP contribution in [0.2, 0.25) is 0 Å². The summed E-state index contributed by atoms with van der Waals surface area (Å²) in [7, 11) is 4.25. The molecule has 1 heterocycles. The summed E-state index contributed by atoms with van der Waals surface area (Å²) < 4.78 is 0. The van der Waals surface area contributed by atoms with Crippen LogP contribution in [0.3, 0.4) is 0 Å². The standard InChI is InChI=1S/C29H38N4O2/c1-19(2)17-25-26(29(25,3)4)28(35)31-21-9-7-20(8-10-21)27(34)30-22-11-13-23(14-12-22)33-16-15-24(18-33)32(5)6/h7-14,17,24-26H,15-16,18H2,1-6H3,(H,30,34)(H,31,35). The molecule has 3 atom stereocenters. The van der Waals surface area contributed by atoms with Crippen molar-refractivity contribution < 1.29 is 9.59 Å². The van der Waals surface area contributed by atoms with Crippen molar-refractivity contribution in [3.63, 3.8) is 0 Å². The lowest BCUT2D eigenvalue weighted by molar-refractivity contribution is -0.118. The summed E-state index contributed by atoms with van der Waals surface area (Å²) in [5, 5.41) is 5.98. The first-order valence-electron chi connectivity index (χ1n) is 12.4. The highest BCUT2D eigenvalue weighted by Gasteiger charge is 2.60. The minimum absolute atomic E-state index is 0.0282. The van der Waals surface area contributed by atoms with Crippen LogP contribution in [0.4, 0.5) is 17.1 Å². The van der Waals surface area contributed by atoms with E-state index in [1.807, 2.05) is 12.1 Å². The van der Waals surface area contributed by atoms with Crippen molar-refractivity contribution in [1.29, 1.82) is 0 Å². The molecular formula is C29H38N4O2. The topological polar surface area (TPSA) is 64.7 Å². The number of carbonyl (C=O) groups is 2. The van der Waals surface area contributed by atoms with E-state index in [-0.39, 0.29) is 29.1 Å². The predicted octanol–water partition coefficient (Wildman–Crippen LogP) is 5.26. The molecule has 2 N–H and O–H groups in total. The van der Waals surface area contributed by atoms with Gasteiger partial charge >= 0.3 is 0 Å². The summed E-state index contributed by atoms with van der Waals surface area (Å²) in [5.41, 5.74) is 4.40. The van der Waals surface area contributed by atoms with Crippen LogP contribution in [0, 0.1) is 17.3 Å². The van der Waals surface area contributed by atoms with Gasteiger partial charge in [0, 0.05) is 41.8 Å². The quantitative estimate of drug-likeness (QED) is 0.538. The molecule has 2 amide bonds. The normalized spacial score (nSPS) is 22.6. The molecule has 1 saturated heterocycles. The molecule has 1 saturated carbocycles. The van der Waals surface area contributed by atoms with Crippen LogP contribution >= 0.6 is 0 Å². The third-order valence-corrected chi connectivity index (χ3v) is 7.50. The fourth-order valence-electron chi connectivity index (χ4n) is 5.13. The number of hydrogen-bond acceptors (Lipinski definition) is 4. The number of nitrogens with one attached hydrogen (secondary N) is 2. The van der Waals surface area contributed by atoms with Crippen LogP contribution in [0.25, 0.3) is 0 Å². The maximum atomic E-state index is 12.8. The molecule has 3 unspecified atom stereocenters. The van der Waals surface area contributed by atoms with Crippen molar-refractivity contribution in [2.24, 2.45) is 17.3 Å². The summed E-state index contributed by atoms with van der Waals surface area (Å²) in [6.45, 7) is 10.5. The number of likely N-dealkylation sites (N-methyl/N-ethyl adjacent to an activating group) is 1. The van der Waals surface area contributed by atoms with Gasteiger partial charge in [0.05, 0.1) is 5.92 Å². The molecule has 6 nitrogen and oxygen atoms in total. The first kappa shape index (κ1) is 25.0. The number of nitrogens with zero attached hydrogens (tertiary/aromatic N) is 2. The Hall–Kier alpha value is -3.12. The molecule has 0 bridgehead atoms. The molecular weight excluding hydrogens is 436 g/mol. The van der Waals surface area contributed by atoms with Crippen LogP contribution in [-0.4, -0.2) is 49.9 Å². The number of amides is 2. The third kappa shape index (κ3) is 5.59. The highest BCUT2D eigenvalue weighted by Crippen LogP contribution is 2.59. The van der Waals surface area contributed by atoms with E-state index in [2.05, 4.69) is 80.4 Å². The van der Waals surface area contributed by atoms with Gasteiger partial charge in [0.15, 0.2) is 0 Å². The molecule has 2 aromatic carbocycles. The molecule has 4 rings (SSSR count). The van der Waals surface area contributed by atoms with E-state index < -0.39 is 0 Å². The SMILES string of the molecule is CC(C)=CC1C(C(=O)Nc2ccc(C(=O)Nc3ccc(N4CCC(N(C)C)C4)cc3)cc2)C1(C)C. The Bertz CT molecular complexity index is 1100. The minimum Gasteiger partial charge on any atom is -0.370 e. The highest BCUT2D eigenvalue weighted by atomic mass is 16.2. The van der Waals surface area contributed by atoms with E-state index in [1.165, 1.54) is 11.3 Å². The Morgan fingerprint density at radius 2 is 1.57 bits per heavy atom. The van der Waals surface area contributed by atoms with Gasteiger partial charge in [0.1, 0.15) is 0 Å². The number of anilines is 3. The van der Waals surface area contributed by atoms with E-state index in [4.69, 9.17) is 0 Å². The molecule has 1 aliphatic carbocycles. The highest BCUT2D eigenvalue weighted by molar-refractivity contribution is 6.05. The Morgan fingerprint density at radius 1 is 0.971 bits per heavy atom. The zero-order chi connectivity index (χ0) is 25.3. The fraction of sp³-hybridized carbons (Fsp3) is 0.448. The summed E-state index contributed by atoms with van der Waals surface area (Å²) in [6.07, 6.45) is 3.35. The first-order valence-corrected chi connectivity index (χ1v) is 12.4. The molecule has 0 aromatic heterocycles. The Balaban J connectivity index is 1.31.